The lowest BCUT2D eigenvalue weighted by Crippen LogP contribution is -2.36. The van der Waals surface area contributed by atoms with Crippen molar-refractivity contribution in [3.63, 3.8) is 0 Å². The van der Waals surface area contributed by atoms with E-state index < -0.39 is 0 Å². The highest BCUT2D eigenvalue weighted by Crippen LogP contribution is 2.42. The van der Waals surface area contributed by atoms with Crippen LogP contribution in [0.4, 0.5) is 0 Å². The van der Waals surface area contributed by atoms with Crippen molar-refractivity contribution in [2.45, 2.75) is 32.1 Å². The molecule has 0 bridgehead atoms. The lowest BCUT2D eigenvalue weighted by molar-refractivity contribution is 0.0806. The number of ether oxygens (including phenoxy) is 1. The summed E-state index contributed by atoms with van der Waals surface area (Å²) in [5.74, 6) is 1.00. The first kappa shape index (κ1) is 11.7. The molecule has 18 heavy (non-hydrogen) atoms. The molecule has 3 heteroatoms. The van der Waals surface area contributed by atoms with Gasteiger partial charge in [0, 0.05) is 18.4 Å². The Morgan fingerprint density at radius 3 is 2.83 bits per heavy atom. The number of hydrogen-bond acceptors (Lipinski definition) is 3. The van der Waals surface area contributed by atoms with Crippen molar-refractivity contribution in [1.29, 1.82) is 0 Å². The largest absolute Gasteiger partial charge is 0.492 e. The van der Waals surface area contributed by atoms with Crippen molar-refractivity contribution in [2.24, 2.45) is 11.1 Å². The number of fused-ring (bicyclic) bond motifs is 1. The molecule has 2 N–H and O–H groups in total. The van der Waals surface area contributed by atoms with E-state index in [1.807, 2.05) is 18.2 Å². The molecule has 0 radical (unpaired) electrons. The second-order valence-electron chi connectivity index (χ2n) is 5.41. The van der Waals surface area contributed by atoms with Crippen molar-refractivity contribution in [1.82, 2.24) is 0 Å². The molecule has 1 fully saturated rings. The molecule has 0 aromatic heterocycles. The third-order valence-electron chi connectivity index (χ3n) is 4.39. The summed E-state index contributed by atoms with van der Waals surface area (Å²) in [4.78, 5) is 12.8. The molecule has 3 rings (SSSR count). The van der Waals surface area contributed by atoms with Gasteiger partial charge in [0.1, 0.15) is 5.75 Å². The fraction of sp³-hybridized carbons (Fsp3) is 0.533. The van der Waals surface area contributed by atoms with E-state index in [0.717, 1.165) is 49.0 Å². The maximum absolute atomic E-state index is 12.8. The third kappa shape index (κ3) is 1.65. The van der Waals surface area contributed by atoms with Crippen LogP contribution in [0, 0.1) is 5.41 Å². The molecule has 0 atom stereocenters. The predicted molar refractivity (Wildman–Crippen MR) is 69.9 cm³/mol. The first-order valence-electron chi connectivity index (χ1n) is 6.76. The Balaban J connectivity index is 2.00. The van der Waals surface area contributed by atoms with Crippen LogP contribution >= 0.6 is 0 Å². The lowest BCUT2D eigenvalue weighted by atomic mass is 9.78. The summed E-state index contributed by atoms with van der Waals surface area (Å²) >= 11 is 0. The van der Waals surface area contributed by atoms with E-state index in [0.29, 0.717) is 13.2 Å². The van der Waals surface area contributed by atoms with Gasteiger partial charge in [0.05, 0.1) is 12.2 Å². The summed E-state index contributed by atoms with van der Waals surface area (Å²) in [5, 5.41) is 0. The smallest absolute Gasteiger partial charge is 0.173 e. The summed E-state index contributed by atoms with van der Waals surface area (Å²) in [6.45, 7) is 1.14. The van der Waals surface area contributed by atoms with Gasteiger partial charge < -0.3 is 10.5 Å². The van der Waals surface area contributed by atoms with Gasteiger partial charge in [0.2, 0.25) is 0 Å². The number of ketones is 1. The van der Waals surface area contributed by atoms with E-state index in [2.05, 4.69) is 0 Å². The van der Waals surface area contributed by atoms with Crippen LogP contribution in [0.15, 0.2) is 18.2 Å². The molecule has 1 heterocycles. The van der Waals surface area contributed by atoms with Crippen LogP contribution in [0.25, 0.3) is 0 Å². The van der Waals surface area contributed by atoms with Crippen molar-refractivity contribution in [2.75, 3.05) is 13.2 Å². The van der Waals surface area contributed by atoms with Gasteiger partial charge in [-0.1, -0.05) is 25.0 Å². The van der Waals surface area contributed by atoms with Gasteiger partial charge in [-0.25, -0.2) is 0 Å². The highest BCUT2D eigenvalue weighted by molar-refractivity contribution is 6.03. The van der Waals surface area contributed by atoms with Crippen LogP contribution in [0.1, 0.15) is 41.6 Å². The highest BCUT2D eigenvalue weighted by atomic mass is 16.5. The Morgan fingerprint density at radius 2 is 2.11 bits per heavy atom. The molecule has 0 unspecified atom stereocenters. The predicted octanol–water partition coefficient (Wildman–Crippen LogP) is 2.32. The maximum Gasteiger partial charge on any atom is 0.173 e. The molecule has 1 aliphatic heterocycles. The number of carbonyl (C=O) groups excluding carboxylic acids is 1. The average Bonchev–Trinajstić information content (AvgIpc) is 3.06. The lowest BCUT2D eigenvalue weighted by Gasteiger charge is -2.26. The molecular formula is C15H19NO2. The average molecular weight is 245 g/mol. The van der Waals surface area contributed by atoms with E-state index in [1.54, 1.807) is 0 Å². The van der Waals surface area contributed by atoms with Crippen LogP contribution in [-0.2, 0) is 6.42 Å². The van der Waals surface area contributed by atoms with Gasteiger partial charge in [0.15, 0.2) is 5.78 Å². The van der Waals surface area contributed by atoms with Crippen molar-refractivity contribution >= 4 is 5.78 Å². The van der Waals surface area contributed by atoms with Gasteiger partial charge in [-0.05, 0) is 24.5 Å². The van der Waals surface area contributed by atoms with Crippen LogP contribution in [0.3, 0.4) is 0 Å². The fourth-order valence-corrected chi connectivity index (χ4v) is 3.26. The van der Waals surface area contributed by atoms with Crippen molar-refractivity contribution in [3.05, 3.63) is 29.3 Å². The van der Waals surface area contributed by atoms with E-state index in [1.165, 1.54) is 0 Å². The molecule has 3 nitrogen and oxygen atoms in total. The van der Waals surface area contributed by atoms with Gasteiger partial charge in [0.25, 0.3) is 0 Å². The third-order valence-corrected chi connectivity index (χ3v) is 4.39. The first-order valence-corrected chi connectivity index (χ1v) is 6.76. The monoisotopic (exact) mass is 245 g/mol. The number of para-hydroxylation sites is 1. The number of carbonyl (C=O) groups is 1. The van der Waals surface area contributed by atoms with Crippen LogP contribution < -0.4 is 10.5 Å². The molecule has 0 amide bonds. The summed E-state index contributed by atoms with van der Waals surface area (Å²) in [6, 6.07) is 5.89. The second-order valence-corrected chi connectivity index (χ2v) is 5.41. The van der Waals surface area contributed by atoms with Gasteiger partial charge in [-0.2, -0.15) is 0 Å². The zero-order chi connectivity index (χ0) is 12.6. The molecule has 1 aromatic rings. The molecule has 0 spiro atoms. The Labute approximate surface area is 107 Å². The van der Waals surface area contributed by atoms with Crippen LogP contribution in [0.2, 0.25) is 0 Å². The molecule has 1 saturated carbocycles. The molecule has 2 aliphatic rings. The number of rotatable bonds is 3. The summed E-state index contributed by atoms with van der Waals surface area (Å²) in [7, 11) is 0. The number of Topliss-reactive ketones (excluding diaryl/α,β-unsaturated/α-hetero) is 1. The summed E-state index contributed by atoms with van der Waals surface area (Å²) in [5.41, 5.74) is 7.46. The highest BCUT2D eigenvalue weighted by Gasteiger charge is 2.41. The number of hydrogen-bond donors (Lipinski definition) is 1. The van der Waals surface area contributed by atoms with Crippen molar-refractivity contribution < 1.29 is 9.53 Å². The number of nitrogens with two attached hydrogens (primary N) is 1. The molecule has 1 aliphatic carbocycles. The minimum Gasteiger partial charge on any atom is -0.492 e. The standard InChI is InChI=1S/C15H19NO2/c16-10-15(7-1-2-8-15)14(17)12-5-3-4-11-6-9-18-13(11)12/h3-5H,1-2,6-10,16H2. The Kier molecular flexibility index (Phi) is 2.86. The van der Waals surface area contributed by atoms with E-state index in [4.69, 9.17) is 10.5 Å². The van der Waals surface area contributed by atoms with Gasteiger partial charge in [-0.15, -0.1) is 0 Å². The first-order chi connectivity index (χ1) is 8.77. The maximum atomic E-state index is 12.8. The van der Waals surface area contributed by atoms with E-state index in [-0.39, 0.29) is 11.2 Å². The summed E-state index contributed by atoms with van der Waals surface area (Å²) < 4.78 is 5.64. The SMILES string of the molecule is NCC1(C(=O)c2cccc3c2OCC3)CCCC1. The Morgan fingerprint density at radius 1 is 1.33 bits per heavy atom. The minimum absolute atomic E-state index is 0.196. The minimum atomic E-state index is -0.332. The van der Waals surface area contributed by atoms with Crippen molar-refractivity contribution in [3.8, 4) is 5.75 Å². The molecule has 96 valence electrons. The zero-order valence-electron chi connectivity index (χ0n) is 10.6. The van der Waals surface area contributed by atoms with Gasteiger partial charge >= 0.3 is 0 Å². The molecular weight excluding hydrogens is 226 g/mol. The summed E-state index contributed by atoms with van der Waals surface area (Å²) in [6.07, 6.45) is 4.97. The van der Waals surface area contributed by atoms with Gasteiger partial charge in [-0.3, -0.25) is 4.79 Å². The Hall–Kier alpha value is -1.35. The molecule has 1 aromatic carbocycles. The molecule has 0 saturated heterocycles. The fourth-order valence-electron chi connectivity index (χ4n) is 3.26. The second kappa shape index (κ2) is 4.39. The van der Waals surface area contributed by atoms with Crippen LogP contribution in [-0.4, -0.2) is 18.9 Å². The van der Waals surface area contributed by atoms with E-state index >= 15 is 0 Å². The number of benzene rings is 1. The quantitative estimate of drug-likeness (QED) is 0.831. The van der Waals surface area contributed by atoms with E-state index in [9.17, 15) is 4.79 Å². The Bertz CT molecular complexity index is 475. The van der Waals surface area contributed by atoms with Crippen LogP contribution in [0.5, 0.6) is 5.75 Å². The zero-order valence-corrected chi connectivity index (χ0v) is 10.6. The topological polar surface area (TPSA) is 52.3 Å². The normalized spacial score (nSPS) is 20.5.